The van der Waals surface area contributed by atoms with Crippen molar-refractivity contribution in [2.24, 2.45) is 0 Å². The van der Waals surface area contributed by atoms with Gasteiger partial charge < -0.3 is 5.32 Å². The van der Waals surface area contributed by atoms with Crippen molar-refractivity contribution < 1.29 is 0 Å². The van der Waals surface area contributed by atoms with E-state index in [0.717, 1.165) is 18.6 Å². The molecular formula is C11H14N4. The Morgan fingerprint density at radius 2 is 2.40 bits per heavy atom. The molecule has 0 aliphatic carbocycles. The van der Waals surface area contributed by atoms with Crippen LogP contribution in [0, 0.1) is 0 Å². The Morgan fingerprint density at radius 1 is 1.40 bits per heavy atom. The Kier molecular flexibility index (Phi) is 2.14. The molecule has 78 valence electrons. The van der Waals surface area contributed by atoms with Crippen LogP contribution in [0.4, 0.5) is 0 Å². The van der Waals surface area contributed by atoms with E-state index in [9.17, 15) is 0 Å². The molecule has 0 bridgehead atoms. The van der Waals surface area contributed by atoms with E-state index in [1.807, 2.05) is 10.6 Å². The predicted molar refractivity (Wildman–Crippen MR) is 57.8 cm³/mol. The highest BCUT2D eigenvalue weighted by atomic mass is 15.4. The third kappa shape index (κ3) is 1.51. The number of hydrogen-bond acceptors (Lipinski definition) is 3. The molecule has 0 radical (unpaired) electrons. The summed E-state index contributed by atoms with van der Waals surface area (Å²) in [6, 6.07) is 6.28. The molecule has 2 aromatic heterocycles. The van der Waals surface area contributed by atoms with Gasteiger partial charge in [0.25, 0.3) is 0 Å². The smallest absolute Gasteiger partial charge is 0.0868 e. The molecule has 2 aromatic rings. The minimum Gasteiger partial charge on any atom is -0.316 e. The second-order valence-electron chi connectivity index (χ2n) is 4.06. The van der Waals surface area contributed by atoms with Gasteiger partial charge in [-0.05, 0) is 31.5 Å². The molecule has 1 fully saturated rings. The summed E-state index contributed by atoms with van der Waals surface area (Å²) in [4.78, 5) is 0. The molecule has 15 heavy (non-hydrogen) atoms. The molecule has 1 saturated heterocycles. The first-order valence-corrected chi connectivity index (χ1v) is 5.45. The van der Waals surface area contributed by atoms with Crippen molar-refractivity contribution in [3.8, 4) is 0 Å². The Morgan fingerprint density at radius 3 is 3.27 bits per heavy atom. The highest BCUT2D eigenvalue weighted by Crippen LogP contribution is 2.23. The quantitative estimate of drug-likeness (QED) is 0.755. The highest BCUT2D eigenvalue weighted by Gasteiger charge is 2.17. The van der Waals surface area contributed by atoms with Gasteiger partial charge in [-0.15, -0.1) is 5.10 Å². The average molecular weight is 202 g/mol. The van der Waals surface area contributed by atoms with Crippen LogP contribution in [0.15, 0.2) is 24.4 Å². The summed E-state index contributed by atoms with van der Waals surface area (Å²) in [6.07, 6.45) is 4.29. The maximum absolute atomic E-state index is 4.13. The molecule has 3 rings (SSSR count). The fourth-order valence-electron chi connectivity index (χ4n) is 2.29. The van der Waals surface area contributed by atoms with Crippen LogP contribution < -0.4 is 5.32 Å². The second-order valence-corrected chi connectivity index (χ2v) is 4.06. The monoisotopic (exact) mass is 202 g/mol. The lowest BCUT2D eigenvalue weighted by Gasteiger charge is -2.23. The number of rotatable bonds is 1. The van der Waals surface area contributed by atoms with E-state index in [4.69, 9.17) is 0 Å². The molecule has 1 N–H and O–H groups in total. The molecular weight excluding hydrogens is 188 g/mol. The molecule has 1 atom stereocenters. The van der Waals surface area contributed by atoms with Gasteiger partial charge in [0.1, 0.15) is 0 Å². The number of hydrogen-bond donors (Lipinski definition) is 1. The molecule has 0 saturated carbocycles. The largest absolute Gasteiger partial charge is 0.316 e. The summed E-state index contributed by atoms with van der Waals surface area (Å²) in [5.74, 6) is 0.573. The minimum absolute atomic E-state index is 0.573. The zero-order chi connectivity index (χ0) is 10.1. The topological polar surface area (TPSA) is 42.2 Å². The predicted octanol–water partition coefficient (Wildman–Crippen LogP) is 1.20. The Bertz CT molecular complexity index is 456. The number of aromatic nitrogens is 3. The standard InChI is InChI=1S/C11H14N4/c1-4-10-8-13-14-15(10)11(5-1)9-3-2-6-12-7-9/h1,4-5,8-9,12H,2-3,6-7H2. The summed E-state index contributed by atoms with van der Waals surface area (Å²) < 4.78 is 1.96. The third-order valence-corrected chi connectivity index (χ3v) is 3.07. The van der Waals surface area contributed by atoms with Gasteiger partial charge in [0.15, 0.2) is 0 Å². The lowest BCUT2D eigenvalue weighted by Crippen LogP contribution is -2.29. The second kappa shape index (κ2) is 3.62. The zero-order valence-corrected chi connectivity index (χ0v) is 8.56. The number of fused-ring (bicyclic) bond motifs is 1. The molecule has 4 heteroatoms. The van der Waals surface area contributed by atoms with E-state index in [0.29, 0.717) is 5.92 Å². The molecule has 1 aliphatic heterocycles. The third-order valence-electron chi connectivity index (χ3n) is 3.07. The summed E-state index contributed by atoms with van der Waals surface area (Å²) in [5.41, 5.74) is 2.36. The molecule has 3 heterocycles. The molecule has 1 unspecified atom stereocenters. The maximum Gasteiger partial charge on any atom is 0.0868 e. The van der Waals surface area contributed by atoms with Crippen molar-refractivity contribution in [3.05, 3.63) is 30.1 Å². The SMILES string of the molecule is c1cc(C2CCCNC2)n2nncc2c1. The molecule has 4 nitrogen and oxygen atoms in total. The molecule has 0 amide bonds. The average Bonchev–Trinajstić information content (AvgIpc) is 2.78. The summed E-state index contributed by atoms with van der Waals surface area (Å²) in [6.45, 7) is 2.20. The van der Waals surface area contributed by atoms with Gasteiger partial charge in [0.05, 0.1) is 11.7 Å². The first-order valence-electron chi connectivity index (χ1n) is 5.45. The van der Waals surface area contributed by atoms with Crippen LogP contribution >= 0.6 is 0 Å². The lowest BCUT2D eigenvalue weighted by molar-refractivity contribution is 0.447. The lowest BCUT2D eigenvalue weighted by atomic mass is 9.95. The van der Waals surface area contributed by atoms with Crippen molar-refractivity contribution in [2.45, 2.75) is 18.8 Å². The van der Waals surface area contributed by atoms with Crippen LogP contribution in [0.3, 0.4) is 0 Å². The number of nitrogens with one attached hydrogen (secondary N) is 1. The highest BCUT2D eigenvalue weighted by molar-refractivity contribution is 5.44. The fraction of sp³-hybridized carbons (Fsp3) is 0.455. The van der Waals surface area contributed by atoms with Crippen LogP contribution in [0.2, 0.25) is 0 Å². The van der Waals surface area contributed by atoms with E-state index in [2.05, 4.69) is 27.8 Å². The van der Waals surface area contributed by atoms with Crippen LogP contribution in [0.1, 0.15) is 24.5 Å². The molecule has 1 aliphatic rings. The van der Waals surface area contributed by atoms with Gasteiger partial charge in [0, 0.05) is 18.2 Å². The molecule has 0 spiro atoms. The first-order chi connectivity index (χ1) is 7.45. The number of pyridine rings is 1. The van der Waals surface area contributed by atoms with Crippen molar-refractivity contribution in [1.82, 2.24) is 20.1 Å². The van der Waals surface area contributed by atoms with Crippen molar-refractivity contribution in [3.63, 3.8) is 0 Å². The van der Waals surface area contributed by atoms with Gasteiger partial charge in [-0.2, -0.15) is 0 Å². The van der Waals surface area contributed by atoms with E-state index >= 15 is 0 Å². The van der Waals surface area contributed by atoms with Crippen molar-refractivity contribution in [1.29, 1.82) is 0 Å². The Labute approximate surface area is 88.3 Å². The van der Waals surface area contributed by atoms with E-state index < -0.39 is 0 Å². The van der Waals surface area contributed by atoms with Crippen LogP contribution in [-0.4, -0.2) is 27.9 Å². The van der Waals surface area contributed by atoms with Crippen molar-refractivity contribution in [2.75, 3.05) is 13.1 Å². The Balaban J connectivity index is 2.05. The summed E-state index contributed by atoms with van der Waals surface area (Å²) >= 11 is 0. The normalized spacial score (nSPS) is 22.0. The zero-order valence-electron chi connectivity index (χ0n) is 8.56. The van der Waals surface area contributed by atoms with Crippen LogP contribution in [0.5, 0.6) is 0 Å². The number of piperidine rings is 1. The van der Waals surface area contributed by atoms with Crippen LogP contribution in [0.25, 0.3) is 5.52 Å². The first kappa shape index (κ1) is 8.85. The molecule has 0 aromatic carbocycles. The van der Waals surface area contributed by atoms with Crippen LogP contribution in [-0.2, 0) is 0 Å². The van der Waals surface area contributed by atoms with E-state index in [1.165, 1.54) is 18.5 Å². The van der Waals surface area contributed by atoms with Crippen molar-refractivity contribution >= 4 is 5.52 Å². The van der Waals surface area contributed by atoms with Gasteiger partial charge in [-0.25, -0.2) is 4.52 Å². The van der Waals surface area contributed by atoms with Gasteiger partial charge in [-0.3, -0.25) is 0 Å². The summed E-state index contributed by atoms with van der Waals surface area (Å²) in [7, 11) is 0. The van der Waals surface area contributed by atoms with E-state index in [1.54, 1.807) is 6.20 Å². The minimum atomic E-state index is 0.573. The number of nitrogens with zero attached hydrogens (tertiary/aromatic N) is 3. The summed E-state index contributed by atoms with van der Waals surface area (Å²) in [5, 5.41) is 11.5. The van der Waals surface area contributed by atoms with Gasteiger partial charge in [-0.1, -0.05) is 11.3 Å². The van der Waals surface area contributed by atoms with Gasteiger partial charge >= 0.3 is 0 Å². The Hall–Kier alpha value is -1.42. The maximum atomic E-state index is 4.13. The fourth-order valence-corrected chi connectivity index (χ4v) is 2.29. The van der Waals surface area contributed by atoms with E-state index in [-0.39, 0.29) is 0 Å². The van der Waals surface area contributed by atoms with Gasteiger partial charge in [0.2, 0.25) is 0 Å².